The quantitative estimate of drug-likeness (QED) is 0.255. The number of benzene rings is 3. The number of rotatable bonds is 8. The van der Waals surface area contributed by atoms with Crippen molar-refractivity contribution in [2.75, 3.05) is 32.3 Å². The van der Waals surface area contributed by atoms with Crippen molar-refractivity contribution >= 4 is 34.4 Å². The van der Waals surface area contributed by atoms with Gasteiger partial charge in [-0.05, 0) is 47.9 Å². The average molecular weight is 539 g/mol. The van der Waals surface area contributed by atoms with Crippen molar-refractivity contribution in [2.24, 2.45) is 0 Å². The van der Waals surface area contributed by atoms with Crippen LogP contribution in [-0.2, 0) is 16.0 Å². The zero-order chi connectivity index (χ0) is 27.8. The van der Waals surface area contributed by atoms with Crippen LogP contribution >= 0.6 is 0 Å². The molecule has 0 radical (unpaired) electrons. The number of H-pyrrole nitrogens is 1. The molecule has 3 heterocycles. The molecule has 0 bridgehead atoms. The van der Waals surface area contributed by atoms with Gasteiger partial charge in [0.2, 0.25) is 0 Å². The normalized spacial score (nSPS) is 18.1. The number of anilines is 1. The first-order valence-electron chi connectivity index (χ1n) is 13.3. The van der Waals surface area contributed by atoms with Crippen LogP contribution in [0.2, 0.25) is 0 Å². The molecule has 6 rings (SSSR count). The van der Waals surface area contributed by atoms with Crippen molar-refractivity contribution in [2.45, 2.75) is 24.9 Å². The molecule has 204 valence electrons. The lowest BCUT2D eigenvalue weighted by Crippen LogP contribution is -2.44. The van der Waals surface area contributed by atoms with Gasteiger partial charge in [0, 0.05) is 43.3 Å². The summed E-state index contributed by atoms with van der Waals surface area (Å²) in [6, 6.07) is 20.5. The Morgan fingerprint density at radius 2 is 1.75 bits per heavy atom. The standard InChI is InChI=1S/C31H30N4O5/c1-39-17-7-16-32-29(36)22-9-4-6-11-25(22)35-30(37)26-18-23-21-8-3-5-10-24(21)33-27(23)28(34(26)31(35)38)19-12-14-20(40-2)15-13-19/h3-6,8-15,26,28,33H,7,16-18H2,1-2H3,(H,32,36)/t26-,28?/m0/s1. The summed E-state index contributed by atoms with van der Waals surface area (Å²) in [5.74, 6) is 0.00281. The van der Waals surface area contributed by atoms with E-state index < -0.39 is 18.1 Å². The van der Waals surface area contributed by atoms with E-state index in [-0.39, 0.29) is 23.1 Å². The Labute approximate surface area is 231 Å². The highest BCUT2D eigenvalue weighted by atomic mass is 16.5. The largest absolute Gasteiger partial charge is 0.497 e. The van der Waals surface area contributed by atoms with Gasteiger partial charge in [-0.2, -0.15) is 0 Å². The molecule has 2 aliphatic rings. The van der Waals surface area contributed by atoms with Gasteiger partial charge in [0.15, 0.2) is 0 Å². The maximum Gasteiger partial charge on any atom is 0.332 e. The maximum absolute atomic E-state index is 14.2. The number of amides is 4. The third kappa shape index (κ3) is 4.19. The molecular formula is C31H30N4O5. The summed E-state index contributed by atoms with van der Waals surface area (Å²) in [5.41, 5.74) is 4.26. The highest BCUT2D eigenvalue weighted by molar-refractivity contribution is 6.24. The summed E-state index contributed by atoms with van der Waals surface area (Å²) >= 11 is 0. The molecule has 9 heteroatoms. The number of methoxy groups -OCH3 is 2. The number of urea groups is 1. The Morgan fingerprint density at radius 3 is 2.52 bits per heavy atom. The van der Waals surface area contributed by atoms with Crippen LogP contribution < -0.4 is 15.0 Å². The number of nitrogens with zero attached hydrogens (tertiary/aromatic N) is 2. The molecule has 0 aliphatic carbocycles. The van der Waals surface area contributed by atoms with Gasteiger partial charge in [-0.1, -0.05) is 42.5 Å². The summed E-state index contributed by atoms with van der Waals surface area (Å²) in [6.45, 7) is 0.933. The molecule has 0 saturated carbocycles. The topological polar surface area (TPSA) is 104 Å². The van der Waals surface area contributed by atoms with Crippen LogP contribution in [0.25, 0.3) is 10.9 Å². The molecule has 4 amide bonds. The number of fused-ring (bicyclic) bond motifs is 4. The fourth-order valence-corrected chi connectivity index (χ4v) is 5.80. The van der Waals surface area contributed by atoms with Crippen molar-refractivity contribution in [1.82, 2.24) is 15.2 Å². The lowest BCUT2D eigenvalue weighted by atomic mass is 9.89. The molecule has 4 aromatic rings. The molecule has 2 N–H and O–H groups in total. The molecule has 1 unspecified atom stereocenters. The monoisotopic (exact) mass is 538 g/mol. The van der Waals surface area contributed by atoms with Gasteiger partial charge in [-0.15, -0.1) is 0 Å². The number of aromatic nitrogens is 1. The van der Waals surface area contributed by atoms with Crippen LogP contribution in [0.4, 0.5) is 10.5 Å². The predicted molar refractivity (Wildman–Crippen MR) is 151 cm³/mol. The number of carbonyl (C=O) groups excluding carboxylic acids is 3. The number of carbonyl (C=O) groups is 3. The first-order valence-corrected chi connectivity index (χ1v) is 13.3. The Morgan fingerprint density at radius 1 is 1.00 bits per heavy atom. The lowest BCUT2D eigenvalue weighted by molar-refractivity contribution is -0.120. The Kier molecular flexibility index (Phi) is 6.73. The SMILES string of the molecule is COCCCNC(=O)c1ccccc1N1C(=O)[C@@H]2Cc3c([nH]c4ccccc34)C(c3ccc(OC)cc3)N2C1=O. The molecule has 1 saturated heterocycles. The van der Waals surface area contributed by atoms with Crippen LogP contribution in [0.1, 0.15) is 39.6 Å². The van der Waals surface area contributed by atoms with Crippen molar-refractivity contribution in [1.29, 1.82) is 0 Å². The number of imide groups is 1. The van der Waals surface area contributed by atoms with Gasteiger partial charge in [0.1, 0.15) is 17.8 Å². The summed E-state index contributed by atoms with van der Waals surface area (Å²) in [7, 11) is 3.21. The van der Waals surface area contributed by atoms with Gasteiger partial charge in [0.25, 0.3) is 11.8 Å². The first kappa shape index (κ1) is 25.6. The first-order chi connectivity index (χ1) is 19.5. The molecule has 3 aromatic carbocycles. The fourth-order valence-electron chi connectivity index (χ4n) is 5.80. The molecule has 1 fully saturated rings. The fraction of sp³-hybridized carbons (Fsp3) is 0.258. The van der Waals surface area contributed by atoms with Gasteiger partial charge < -0.3 is 19.8 Å². The molecule has 1 aromatic heterocycles. The maximum atomic E-state index is 14.2. The molecule has 0 spiro atoms. The average Bonchev–Trinajstić information content (AvgIpc) is 3.48. The number of aromatic amines is 1. The van der Waals surface area contributed by atoms with Crippen LogP contribution in [-0.4, -0.2) is 61.1 Å². The summed E-state index contributed by atoms with van der Waals surface area (Å²) < 4.78 is 10.4. The van der Waals surface area contributed by atoms with E-state index in [0.717, 1.165) is 27.7 Å². The molecule has 2 atom stereocenters. The van der Waals surface area contributed by atoms with Gasteiger partial charge in [-0.25, -0.2) is 9.69 Å². The lowest BCUT2D eigenvalue weighted by Gasteiger charge is -2.36. The summed E-state index contributed by atoms with van der Waals surface area (Å²) in [6.07, 6.45) is 1.02. The smallest absolute Gasteiger partial charge is 0.332 e. The Hall–Kier alpha value is -4.63. The zero-order valence-electron chi connectivity index (χ0n) is 22.3. The van der Waals surface area contributed by atoms with Crippen molar-refractivity contribution < 1.29 is 23.9 Å². The van der Waals surface area contributed by atoms with Crippen molar-refractivity contribution in [3.8, 4) is 5.75 Å². The van der Waals surface area contributed by atoms with Crippen LogP contribution in [0.5, 0.6) is 5.75 Å². The second-order valence-electron chi connectivity index (χ2n) is 9.94. The zero-order valence-corrected chi connectivity index (χ0v) is 22.3. The van der Waals surface area contributed by atoms with E-state index in [9.17, 15) is 14.4 Å². The van der Waals surface area contributed by atoms with E-state index in [1.807, 2.05) is 48.5 Å². The minimum absolute atomic E-state index is 0.270. The molecule has 2 aliphatic heterocycles. The number of para-hydroxylation sites is 2. The van der Waals surface area contributed by atoms with E-state index in [4.69, 9.17) is 9.47 Å². The Bertz CT molecular complexity index is 1600. The second kappa shape index (κ2) is 10.5. The van der Waals surface area contributed by atoms with E-state index in [1.165, 1.54) is 4.90 Å². The second-order valence-corrected chi connectivity index (χ2v) is 9.94. The predicted octanol–water partition coefficient (Wildman–Crippen LogP) is 4.43. The third-order valence-electron chi connectivity index (χ3n) is 7.68. The van der Waals surface area contributed by atoms with Crippen molar-refractivity contribution in [3.05, 3.63) is 95.2 Å². The van der Waals surface area contributed by atoms with Crippen LogP contribution in [0, 0.1) is 0 Å². The summed E-state index contributed by atoms with van der Waals surface area (Å²) in [4.78, 5) is 47.7. The number of ether oxygens (including phenoxy) is 2. The van der Waals surface area contributed by atoms with Gasteiger partial charge in [-0.3, -0.25) is 14.5 Å². The minimum Gasteiger partial charge on any atom is -0.497 e. The minimum atomic E-state index is -0.718. The third-order valence-corrected chi connectivity index (χ3v) is 7.68. The van der Waals surface area contributed by atoms with Gasteiger partial charge >= 0.3 is 6.03 Å². The molecule has 40 heavy (non-hydrogen) atoms. The van der Waals surface area contributed by atoms with Crippen molar-refractivity contribution in [3.63, 3.8) is 0 Å². The number of nitrogens with one attached hydrogen (secondary N) is 2. The van der Waals surface area contributed by atoms with Gasteiger partial charge in [0.05, 0.1) is 18.4 Å². The van der Waals surface area contributed by atoms with E-state index in [0.29, 0.717) is 31.7 Å². The molecular weight excluding hydrogens is 508 g/mol. The van der Waals surface area contributed by atoms with E-state index in [1.54, 1.807) is 43.4 Å². The summed E-state index contributed by atoms with van der Waals surface area (Å²) in [5, 5.41) is 3.90. The molecule has 9 nitrogen and oxygen atoms in total. The van der Waals surface area contributed by atoms with E-state index >= 15 is 0 Å². The Balaban J connectivity index is 1.42. The highest BCUT2D eigenvalue weighted by Gasteiger charge is 2.53. The van der Waals surface area contributed by atoms with E-state index in [2.05, 4.69) is 10.3 Å². The number of hydrogen-bond acceptors (Lipinski definition) is 5. The number of hydrogen-bond donors (Lipinski definition) is 2. The van der Waals surface area contributed by atoms with Crippen LogP contribution in [0.3, 0.4) is 0 Å². The van der Waals surface area contributed by atoms with Crippen LogP contribution in [0.15, 0.2) is 72.8 Å². The highest BCUT2D eigenvalue weighted by Crippen LogP contribution is 2.45.